The van der Waals surface area contributed by atoms with E-state index < -0.39 is 5.60 Å². The van der Waals surface area contributed by atoms with Gasteiger partial charge in [0.25, 0.3) is 0 Å². The minimum Gasteiger partial charge on any atom is -0.389 e. The fourth-order valence-electron chi connectivity index (χ4n) is 1.45. The average Bonchev–Trinajstić information content (AvgIpc) is 2.05. The Kier molecular flexibility index (Phi) is 1.89. The van der Waals surface area contributed by atoms with Crippen LogP contribution in [-0.2, 0) is 4.79 Å². The van der Waals surface area contributed by atoms with Gasteiger partial charge in [0.05, 0.1) is 5.60 Å². The van der Waals surface area contributed by atoms with E-state index in [1.54, 1.807) is 6.92 Å². The van der Waals surface area contributed by atoms with Crippen LogP contribution in [0.1, 0.15) is 33.6 Å². The first kappa shape index (κ1) is 8.47. The highest BCUT2D eigenvalue weighted by Crippen LogP contribution is 2.32. The Labute approximate surface area is 66.9 Å². The summed E-state index contributed by atoms with van der Waals surface area (Å²) in [6, 6.07) is 0. The summed E-state index contributed by atoms with van der Waals surface area (Å²) in [6.45, 7) is 5.53. The van der Waals surface area contributed by atoms with Crippen LogP contribution in [0.5, 0.6) is 0 Å². The first-order valence-electron chi connectivity index (χ1n) is 3.84. The second kappa shape index (κ2) is 2.45. The highest BCUT2D eigenvalue weighted by molar-refractivity contribution is 5.99. The number of Topliss-reactive ketones (excluding diaryl/α,β-unsaturated/α-hetero) is 1. The van der Waals surface area contributed by atoms with Gasteiger partial charge in [0.2, 0.25) is 0 Å². The number of rotatable bonds is 0. The Morgan fingerprint density at radius 2 is 2.00 bits per heavy atom. The zero-order chi connectivity index (χ0) is 8.65. The number of allylic oxidation sites excluding steroid dienone is 1. The Morgan fingerprint density at radius 1 is 1.45 bits per heavy atom. The molecule has 1 rings (SSSR count). The smallest absolute Gasteiger partial charge is 0.161 e. The van der Waals surface area contributed by atoms with Crippen LogP contribution in [0.2, 0.25) is 0 Å². The molecule has 1 saturated carbocycles. The molecular formula is C9H14O2. The van der Waals surface area contributed by atoms with Crippen molar-refractivity contribution in [1.29, 1.82) is 0 Å². The van der Waals surface area contributed by atoms with Crippen LogP contribution >= 0.6 is 0 Å². The summed E-state index contributed by atoms with van der Waals surface area (Å²) >= 11 is 0. The molecule has 0 radical (unpaired) electrons. The lowest BCUT2D eigenvalue weighted by molar-refractivity contribution is -0.116. The number of hydrogen-bond acceptors (Lipinski definition) is 2. The van der Waals surface area contributed by atoms with Gasteiger partial charge in [0.1, 0.15) is 0 Å². The molecule has 1 aliphatic carbocycles. The number of ketones is 1. The minimum atomic E-state index is -0.788. The monoisotopic (exact) mass is 154 g/mol. The van der Waals surface area contributed by atoms with E-state index in [9.17, 15) is 9.90 Å². The van der Waals surface area contributed by atoms with E-state index in [0.717, 1.165) is 11.1 Å². The fraction of sp³-hybridized carbons (Fsp3) is 0.667. The zero-order valence-electron chi connectivity index (χ0n) is 7.27. The van der Waals surface area contributed by atoms with Gasteiger partial charge >= 0.3 is 0 Å². The van der Waals surface area contributed by atoms with Gasteiger partial charge in [-0.2, -0.15) is 0 Å². The van der Waals surface area contributed by atoms with Crippen molar-refractivity contribution in [2.45, 2.75) is 39.2 Å². The summed E-state index contributed by atoms with van der Waals surface area (Å²) in [5.41, 5.74) is 1.06. The molecule has 1 atom stereocenters. The van der Waals surface area contributed by atoms with Crippen LogP contribution in [0.3, 0.4) is 0 Å². The molecule has 0 aromatic rings. The van der Waals surface area contributed by atoms with Crippen molar-refractivity contribution in [2.75, 3.05) is 0 Å². The van der Waals surface area contributed by atoms with E-state index in [-0.39, 0.29) is 12.2 Å². The topological polar surface area (TPSA) is 37.3 Å². The standard InChI is InChI=1S/C9H14O2/c1-6(2)7-4-9(3,11)5-8(7)10/h11H,4-5H2,1-3H3. The predicted octanol–water partition coefficient (Wildman–Crippen LogP) is 1.44. The highest BCUT2D eigenvalue weighted by atomic mass is 16.3. The van der Waals surface area contributed by atoms with E-state index in [0.29, 0.717) is 6.42 Å². The normalized spacial score (nSPS) is 31.3. The van der Waals surface area contributed by atoms with Gasteiger partial charge in [0.15, 0.2) is 5.78 Å². The highest BCUT2D eigenvalue weighted by Gasteiger charge is 2.35. The number of aliphatic hydroxyl groups is 1. The molecule has 0 aromatic heterocycles. The Balaban J connectivity index is 2.92. The summed E-state index contributed by atoms with van der Waals surface area (Å²) in [5.74, 6) is 0.106. The van der Waals surface area contributed by atoms with Gasteiger partial charge in [-0.05, 0) is 26.3 Å². The summed E-state index contributed by atoms with van der Waals surface area (Å²) in [4.78, 5) is 11.2. The molecule has 1 unspecified atom stereocenters. The van der Waals surface area contributed by atoms with Crippen LogP contribution in [0.4, 0.5) is 0 Å². The van der Waals surface area contributed by atoms with Crippen molar-refractivity contribution in [3.63, 3.8) is 0 Å². The minimum absolute atomic E-state index is 0.106. The van der Waals surface area contributed by atoms with Gasteiger partial charge < -0.3 is 5.11 Å². The molecule has 2 heteroatoms. The van der Waals surface area contributed by atoms with Crippen molar-refractivity contribution in [3.8, 4) is 0 Å². The molecule has 0 spiro atoms. The first-order valence-corrected chi connectivity index (χ1v) is 3.84. The quantitative estimate of drug-likeness (QED) is 0.536. The van der Waals surface area contributed by atoms with Crippen LogP contribution in [0, 0.1) is 0 Å². The Hall–Kier alpha value is -0.630. The third-order valence-electron chi connectivity index (χ3n) is 2.04. The van der Waals surface area contributed by atoms with E-state index in [2.05, 4.69) is 0 Å². The summed E-state index contributed by atoms with van der Waals surface area (Å²) in [6.07, 6.45) is 0.807. The summed E-state index contributed by atoms with van der Waals surface area (Å²) < 4.78 is 0. The molecule has 2 nitrogen and oxygen atoms in total. The maximum atomic E-state index is 11.2. The van der Waals surface area contributed by atoms with E-state index in [1.165, 1.54) is 0 Å². The van der Waals surface area contributed by atoms with Gasteiger partial charge in [0, 0.05) is 12.8 Å². The maximum Gasteiger partial charge on any atom is 0.161 e. The van der Waals surface area contributed by atoms with E-state index in [1.807, 2.05) is 13.8 Å². The second-order valence-corrected chi connectivity index (χ2v) is 3.75. The van der Waals surface area contributed by atoms with Gasteiger partial charge in [-0.15, -0.1) is 0 Å². The van der Waals surface area contributed by atoms with Gasteiger partial charge in [-0.25, -0.2) is 0 Å². The molecule has 0 heterocycles. The van der Waals surface area contributed by atoms with Crippen molar-refractivity contribution >= 4 is 5.78 Å². The fourth-order valence-corrected chi connectivity index (χ4v) is 1.45. The van der Waals surface area contributed by atoms with E-state index in [4.69, 9.17) is 0 Å². The Morgan fingerprint density at radius 3 is 2.18 bits per heavy atom. The molecule has 0 amide bonds. The lowest BCUT2D eigenvalue weighted by atomic mass is 10.0. The van der Waals surface area contributed by atoms with Gasteiger partial charge in [-0.3, -0.25) is 4.79 Å². The van der Waals surface area contributed by atoms with Crippen molar-refractivity contribution in [1.82, 2.24) is 0 Å². The average molecular weight is 154 g/mol. The van der Waals surface area contributed by atoms with E-state index >= 15 is 0 Å². The third-order valence-corrected chi connectivity index (χ3v) is 2.04. The lowest BCUT2D eigenvalue weighted by Gasteiger charge is -2.11. The molecule has 0 aromatic carbocycles. The molecular weight excluding hydrogens is 140 g/mol. The number of hydrogen-bond donors (Lipinski definition) is 1. The molecule has 62 valence electrons. The van der Waals surface area contributed by atoms with Gasteiger partial charge in [-0.1, -0.05) is 5.57 Å². The Bertz CT molecular complexity index is 220. The maximum absolute atomic E-state index is 11.2. The SMILES string of the molecule is CC(C)=C1CC(C)(O)CC1=O. The third kappa shape index (κ3) is 1.69. The molecule has 11 heavy (non-hydrogen) atoms. The first-order chi connectivity index (χ1) is 4.92. The van der Waals surface area contributed by atoms with Crippen molar-refractivity contribution < 1.29 is 9.90 Å². The summed E-state index contributed by atoms with van der Waals surface area (Å²) in [7, 11) is 0. The van der Waals surface area contributed by atoms with Crippen LogP contribution < -0.4 is 0 Å². The summed E-state index contributed by atoms with van der Waals surface area (Å²) in [5, 5.41) is 9.53. The zero-order valence-corrected chi connectivity index (χ0v) is 7.27. The second-order valence-electron chi connectivity index (χ2n) is 3.75. The molecule has 1 N–H and O–H groups in total. The van der Waals surface area contributed by atoms with Crippen molar-refractivity contribution in [3.05, 3.63) is 11.1 Å². The van der Waals surface area contributed by atoms with Crippen LogP contribution in [0.25, 0.3) is 0 Å². The van der Waals surface area contributed by atoms with Crippen molar-refractivity contribution in [2.24, 2.45) is 0 Å². The molecule has 0 bridgehead atoms. The largest absolute Gasteiger partial charge is 0.389 e. The molecule has 1 aliphatic rings. The van der Waals surface area contributed by atoms with Crippen LogP contribution in [0.15, 0.2) is 11.1 Å². The molecule has 0 saturated heterocycles. The number of carbonyl (C=O) groups excluding carboxylic acids is 1. The molecule has 1 fully saturated rings. The van der Waals surface area contributed by atoms with Crippen LogP contribution in [-0.4, -0.2) is 16.5 Å². The number of carbonyl (C=O) groups is 1. The lowest BCUT2D eigenvalue weighted by Crippen LogP contribution is -2.18. The molecule has 0 aliphatic heterocycles. The predicted molar refractivity (Wildman–Crippen MR) is 43.2 cm³/mol.